The van der Waals surface area contributed by atoms with E-state index in [4.69, 9.17) is 25.7 Å². The summed E-state index contributed by atoms with van der Waals surface area (Å²) in [6.45, 7) is 17.7. The van der Waals surface area contributed by atoms with Crippen molar-refractivity contribution in [3.05, 3.63) is 10.1 Å². The van der Waals surface area contributed by atoms with Crippen molar-refractivity contribution >= 4 is 6.09 Å². The number of amides is 1. The number of nitrogens with zero attached hydrogens (tertiary/aromatic N) is 1. The predicted octanol–water partition coefficient (Wildman–Crippen LogP) is 0.550. The van der Waals surface area contributed by atoms with Crippen LogP contribution >= 0.6 is 0 Å². The summed E-state index contributed by atoms with van der Waals surface area (Å²) < 4.78 is 0. The van der Waals surface area contributed by atoms with Crippen LogP contribution in [0.25, 0.3) is 0 Å². The second kappa shape index (κ2) is 25.6. The summed E-state index contributed by atoms with van der Waals surface area (Å²) in [7, 11) is 0. The molecule has 0 unspecified atom stereocenters. The van der Waals surface area contributed by atoms with Crippen molar-refractivity contribution < 1.29 is 20.5 Å². The zero-order chi connectivity index (χ0) is 23.1. The maximum absolute atomic E-state index is 8.67. The highest BCUT2D eigenvalue weighted by Crippen LogP contribution is 2.14. The number of carboxylic acid groups (broad SMARTS) is 1. The Morgan fingerprint density at radius 3 is 1.14 bits per heavy atom. The fraction of sp³-hybridized carbons (Fsp3) is 0.947. The lowest BCUT2D eigenvalue weighted by Crippen LogP contribution is -2.92. The van der Waals surface area contributed by atoms with Gasteiger partial charge in [-0.1, -0.05) is 19.3 Å². The second-order valence-electron chi connectivity index (χ2n) is 8.15. The Balaban J connectivity index is -0.000000133. The van der Waals surface area contributed by atoms with E-state index in [0.29, 0.717) is 6.04 Å². The first-order valence-electron chi connectivity index (χ1n) is 10.2. The Morgan fingerprint density at radius 1 is 0.857 bits per heavy atom. The van der Waals surface area contributed by atoms with Crippen LogP contribution in [-0.2, 0) is 0 Å². The van der Waals surface area contributed by atoms with Gasteiger partial charge in [-0.3, -0.25) is 0 Å². The molecule has 0 heterocycles. The summed E-state index contributed by atoms with van der Waals surface area (Å²) in [6, 6.07) is 3.54. The van der Waals surface area contributed by atoms with E-state index in [-0.39, 0.29) is 0 Å². The largest absolute Gasteiger partial charge is 0.530 e. The van der Waals surface area contributed by atoms with Gasteiger partial charge in [-0.05, 0) is 68.2 Å². The zero-order valence-corrected chi connectivity index (χ0v) is 19.3. The molecule has 1 aliphatic rings. The Labute approximate surface area is 172 Å². The Hall–Kier alpha value is -1.45. The Bertz CT molecular complexity index is 291. The zero-order valence-electron chi connectivity index (χ0n) is 19.3. The summed E-state index contributed by atoms with van der Waals surface area (Å²) in [4.78, 5) is 16.7. The smallest absolute Gasteiger partial charge is 0.131 e. The fourth-order valence-electron chi connectivity index (χ4n) is 2.67. The van der Waals surface area contributed by atoms with Crippen LogP contribution in [0, 0.1) is 10.1 Å². The number of hydrogen-bond donors (Lipinski definition) is 4. The van der Waals surface area contributed by atoms with Gasteiger partial charge < -0.3 is 42.1 Å². The van der Waals surface area contributed by atoms with Gasteiger partial charge in [0.1, 0.15) is 6.09 Å². The summed E-state index contributed by atoms with van der Waals surface area (Å²) in [5, 5.41) is 22.3. The lowest BCUT2D eigenvalue weighted by molar-refractivity contribution is -0.709. The number of rotatable bonds is 4. The van der Waals surface area contributed by atoms with Gasteiger partial charge in [0, 0.05) is 6.04 Å². The molecule has 0 saturated heterocycles. The van der Waals surface area contributed by atoms with E-state index < -0.39 is 6.09 Å². The molecule has 1 rings (SSSR count). The summed E-state index contributed by atoms with van der Waals surface area (Å²) >= 11 is 0. The van der Waals surface area contributed by atoms with Crippen LogP contribution in [0.15, 0.2) is 5.34 Å². The summed E-state index contributed by atoms with van der Waals surface area (Å²) in [6.07, 6.45) is 5.08. The van der Waals surface area contributed by atoms with E-state index in [9.17, 15) is 0 Å². The highest BCUT2D eigenvalue weighted by atomic mass is 16.6. The number of nitrogens with two attached hydrogens (primary N) is 4. The number of primary amides is 1. The van der Waals surface area contributed by atoms with Crippen molar-refractivity contribution in [2.45, 2.75) is 118 Å². The average molecular weight is 410 g/mol. The van der Waals surface area contributed by atoms with Crippen molar-refractivity contribution in [2.24, 2.45) is 16.8 Å². The molecule has 9 nitrogen and oxygen atoms in total. The highest BCUT2D eigenvalue weighted by Gasteiger charge is 2.06. The molecule has 0 aromatic heterocycles. The van der Waals surface area contributed by atoms with Crippen molar-refractivity contribution in [2.75, 3.05) is 0 Å². The first kappa shape index (κ1) is 34.1. The molecule has 0 bridgehead atoms. The van der Waals surface area contributed by atoms with Crippen LogP contribution in [0.1, 0.15) is 87.5 Å². The third-order valence-electron chi connectivity index (χ3n) is 3.19. The molecular formula is C19H47N5O4. The topological polar surface area (TPSA) is 178 Å². The van der Waals surface area contributed by atoms with Crippen LogP contribution in [0.4, 0.5) is 4.79 Å². The molecule has 0 aromatic carbocycles. The van der Waals surface area contributed by atoms with E-state index >= 15 is 0 Å². The first-order valence-corrected chi connectivity index (χ1v) is 10.2. The predicted molar refractivity (Wildman–Crippen MR) is 114 cm³/mol. The molecule has 28 heavy (non-hydrogen) atoms. The standard InChI is InChI=1S/C6H13N.2C6H15N.CH3NO2.HNO2/c7-6-4-2-1-3-5-6;2*1-5(2)7-6(3)4;2-1(3)4;2-1-3/h6H,1-5,7H2;2*5-7H,1-4H3;2H2,(H,3,4);(H,2,3). The molecular weight excluding hydrogens is 362 g/mol. The average Bonchev–Trinajstić information content (AvgIpc) is 2.46. The van der Waals surface area contributed by atoms with E-state index in [2.05, 4.69) is 71.8 Å². The van der Waals surface area contributed by atoms with Crippen LogP contribution in [0.3, 0.4) is 0 Å². The van der Waals surface area contributed by atoms with E-state index in [1.807, 2.05) is 0 Å². The second-order valence-corrected chi connectivity index (χ2v) is 8.15. The van der Waals surface area contributed by atoms with E-state index in [0.717, 1.165) is 29.5 Å². The van der Waals surface area contributed by atoms with Crippen molar-refractivity contribution in [3.63, 3.8) is 0 Å². The molecule has 0 atom stereocenters. The van der Waals surface area contributed by atoms with Gasteiger partial charge in [-0.2, -0.15) is 0 Å². The van der Waals surface area contributed by atoms with Gasteiger partial charge in [0.25, 0.3) is 0 Å². The third-order valence-corrected chi connectivity index (χ3v) is 3.19. The third kappa shape index (κ3) is 64.3. The van der Waals surface area contributed by atoms with E-state index in [1.165, 1.54) is 32.1 Å². The van der Waals surface area contributed by atoms with Crippen LogP contribution in [0.2, 0.25) is 0 Å². The first-order chi connectivity index (χ1) is 12.8. The van der Waals surface area contributed by atoms with Gasteiger partial charge >= 0.3 is 0 Å². The highest BCUT2D eigenvalue weighted by molar-refractivity contribution is 5.58. The van der Waals surface area contributed by atoms with Crippen molar-refractivity contribution in [1.82, 2.24) is 0 Å². The molecule has 1 aliphatic carbocycles. The van der Waals surface area contributed by atoms with Gasteiger partial charge in [0.05, 0.1) is 24.2 Å². The van der Waals surface area contributed by atoms with Crippen LogP contribution in [-0.4, -0.2) is 36.3 Å². The maximum Gasteiger partial charge on any atom is 0.131 e. The molecule has 0 radical (unpaired) electrons. The molecule has 9 heteroatoms. The van der Waals surface area contributed by atoms with Crippen molar-refractivity contribution in [3.8, 4) is 0 Å². The van der Waals surface area contributed by atoms with Crippen molar-refractivity contribution in [1.29, 1.82) is 0 Å². The normalized spacial score (nSPS) is 13.2. The molecule has 172 valence electrons. The minimum Gasteiger partial charge on any atom is -0.530 e. The molecule has 1 amide bonds. The van der Waals surface area contributed by atoms with Gasteiger partial charge in [0.15, 0.2) is 0 Å². The molecule has 0 aliphatic heterocycles. The quantitative estimate of drug-likeness (QED) is 0.390. The fourth-order valence-corrected chi connectivity index (χ4v) is 2.67. The number of carbonyl (C=O) groups excluding carboxylic acids is 1. The van der Waals surface area contributed by atoms with Gasteiger partial charge in [0.2, 0.25) is 0 Å². The van der Waals surface area contributed by atoms with Crippen LogP contribution in [0.5, 0.6) is 0 Å². The number of carbonyl (C=O) groups is 1. The lowest BCUT2D eigenvalue weighted by Gasteiger charge is -2.15. The molecule has 1 saturated carbocycles. The minimum absolute atomic E-state index is 0.536. The van der Waals surface area contributed by atoms with Gasteiger partial charge in [-0.15, -0.1) is 5.34 Å². The molecule has 1 fully saturated rings. The monoisotopic (exact) mass is 409 g/mol. The molecule has 0 aromatic rings. The summed E-state index contributed by atoms with van der Waals surface area (Å²) in [5.74, 6) is 0. The van der Waals surface area contributed by atoms with Crippen LogP contribution < -0.4 is 27.2 Å². The van der Waals surface area contributed by atoms with E-state index in [1.54, 1.807) is 0 Å². The number of hydrogen-bond acceptors (Lipinski definition) is 6. The SMILES string of the molecule is CC(C)[NH2+]C(C)C.CC(C)[NH2+]C(C)C.NC(=O)[O-].NC1CCCCC1.O=N[O-]. The number of quaternary nitrogens is 2. The Morgan fingerprint density at radius 2 is 1.07 bits per heavy atom. The summed E-state index contributed by atoms with van der Waals surface area (Å²) in [5.41, 5.74) is 9.55. The molecule has 0 spiro atoms. The Kier molecular flexibility index (Phi) is 31.1. The maximum atomic E-state index is 8.67. The minimum atomic E-state index is -1.58. The molecule has 8 N–H and O–H groups in total. The lowest BCUT2D eigenvalue weighted by atomic mass is 9.97. The van der Waals surface area contributed by atoms with Gasteiger partial charge in [-0.25, -0.2) is 0 Å².